The van der Waals surface area contributed by atoms with Gasteiger partial charge in [0.1, 0.15) is 9.77 Å². The molecule has 0 aliphatic rings. The minimum Gasteiger partial charge on any atom is -0.267 e. The van der Waals surface area contributed by atoms with E-state index in [1.54, 1.807) is 17.8 Å². The van der Waals surface area contributed by atoms with Gasteiger partial charge in [-0.2, -0.15) is 10.4 Å². The lowest BCUT2D eigenvalue weighted by molar-refractivity contribution is 0.635. The summed E-state index contributed by atoms with van der Waals surface area (Å²) in [5, 5.41) is 13.2. The van der Waals surface area contributed by atoms with Gasteiger partial charge in [0.2, 0.25) is 0 Å². The van der Waals surface area contributed by atoms with Gasteiger partial charge in [-0.1, -0.05) is 0 Å². The number of aryl methyl sites for hydroxylation is 1. The Labute approximate surface area is 93.3 Å². The van der Waals surface area contributed by atoms with Crippen LogP contribution in [0, 0.1) is 20.8 Å². The van der Waals surface area contributed by atoms with E-state index in [1.165, 1.54) is 6.07 Å². The molecule has 14 heavy (non-hydrogen) atoms. The van der Waals surface area contributed by atoms with Crippen LogP contribution in [0.1, 0.15) is 5.56 Å². The molecule has 0 saturated heterocycles. The molecule has 0 amide bonds. The highest BCUT2D eigenvalue weighted by molar-refractivity contribution is 14.1. The Bertz CT molecular complexity index is 553. The fourth-order valence-electron chi connectivity index (χ4n) is 1.35. The first-order chi connectivity index (χ1) is 6.65. The average molecular weight is 301 g/mol. The molecule has 0 bridgehead atoms. The third-order valence-electron chi connectivity index (χ3n) is 2.03. The molecule has 2 aromatic rings. The van der Waals surface area contributed by atoms with Gasteiger partial charge in [-0.25, -0.2) is 4.39 Å². The van der Waals surface area contributed by atoms with Crippen molar-refractivity contribution in [3.05, 3.63) is 27.2 Å². The average Bonchev–Trinajstić information content (AvgIpc) is 2.44. The third-order valence-corrected chi connectivity index (χ3v) is 2.79. The lowest BCUT2D eigenvalue weighted by Crippen LogP contribution is -1.90. The fraction of sp³-hybridized carbons (Fsp3) is 0.111. The summed E-state index contributed by atoms with van der Waals surface area (Å²) in [4.78, 5) is 0. The maximum atomic E-state index is 13.7. The predicted octanol–water partition coefficient (Wildman–Crippen LogP) is 2.19. The lowest BCUT2D eigenvalue weighted by atomic mass is 10.1. The molecule has 0 atom stereocenters. The summed E-state index contributed by atoms with van der Waals surface area (Å²) in [6.45, 7) is 0. The summed E-state index contributed by atoms with van der Waals surface area (Å²) < 4.78 is 15.8. The largest absolute Gasteiger partial charge is 0.267 e. The monoisotopic (exact) mass is 301 g/mol. The summed E-state index contributed by atoms with van der Waals surface area (Å²) in [7, 11) is 1.75. The van der Waals surface area contributed by atoms with Gasteiger partial charge in [0, 0.05) is 7.05 Å². The van der Waals surface area contributed by atoms with Crippen molar-refractivity contribution in [3.8, 4) is 6.07 Å². The van der Waals surface area contributed by atoms with Crippen molar-refractivity contribution in [3.63, 3.8) is 0 Å². The molecule has 70 valence electrons. The van der Waals surface area contributed by atoms with Crippen LogP contribution in [-0.2, 0) is 7.05 Å². The Hall–Kier alpha value is -1.16. The Morgan fingerprint density at radius 2 is 2.29 bits per heavy atom. The van der Waals surface area contributed by atoms with Gasteiger partial charge in [0.15, 0.2) is 5.82 Å². The molecule has 1 aromatic heterocycles. The first-order valence-electron chi connectivity index (χ1n) is 3.86. The zero-order valence-corrected chi connectivity index (χ0v) is 9.41. The Kier molecular flexibility index (Phi) is 2.15. The molecular weight excluding hydrogens is 296 g/mol. The van der Waals surface area contributed by atoms with Gasteiger partial charge in [-0.3, -0.25) is 4.68 Å². The van der Waals surface area contributed by atoms with Crippen LogP contribution < -0.4 is 0 Å². The van der Waals surface area contributed by atoms with Crippen molar-refractivity contribution in [1.82, 2.24) is 9.78 Å². The number of nitrogens with zero attached hydrogens (tertiary/aromatic N) is 3. The minimum atomic E-state index is -0.484. The van der Waals surface area contributed by atoms with Gasteiger partial charge in [-0.15, -0.1) is 0 Å². The van der Waals surface area contributed by atoms with Gasteiger partial charge in [0.25, 0.3) is 0 Å². The van der Waals surface area contributed by atoms with Crippen molar-refractivity contribution in [2.45, 2.75) is 0 Å². The van der Waals surface area contributed by atoms with Crippen molar-refractivity contribution in [2.24, 2.45) is 7.05 Å². The topological polar surface area (TPSA) is 41.6 Å². The second kappa shape index (κ2) is 3.20. The maximum absolute atomic E-state index is 13.7. The highest BCUT2D eigenvalue weighted by atomic mass is 127. The highest BCUT2D eigenvalue weighted by Gasteiger charge is 2.14. The Balaban J connectivity index is 2.96. The van der Waals surface area contributed by atoms with Gasteiger partial charge < -0.3 is 0 Å². The van der Waals surface area contributed by atoms with Crippen LogP contribution in [0.3, 0.4) is 0 Å². The molecule has 0 saturated carbocycles. The van der Waals surface area contributed by atoms with E-state index in [2.05, 4.69) is 5.10 Å². The summed E-state index contributed by atoms with van der Waals surface area (Å²) >= 11 is 1.96. The molecular formula is C9H5FIN3. The van der Waals surface area contributed by atoms with E-state index in [1.807, 2.05) is 28.7 Å². The van der Waals surface area contributed by atoms with E-state index >= 15 is 0 Å². The number of fused-ring (bicyclic) bond motifs is 1. The predicted molar refractivity (Wildman–Crippen MR) is 58.1 cm³/mol. The van der Waals surface area contributed by atoms with Crippen LogP contribution in [0.2, 0.25) is 0 Å². The number of benzene rings is 1. The van der Waals surface area contributed by atoms with E-state index in [4.69, 9.17) is 5.26 Å². The number of nitriles is 1. The van der Waals surface area contributed by atoms with Crippen LogP contribution in [0.4, 0.5) is 4.39 Å². The van der Waals surface area contributed by atoms with E-state index in [9.17, 15) is 4.39 Å². The van der Waals surface area contributed by atoms with Crippen molar-refractivity contribution < 1.29 is 4.39 Å². The first kappa shape index (κ1) is 9.40. The quantitative estimate of drug-likeness (QED) is 0.700. The van der Waals surface area contributed by atoms with E-state index in [-0.39, 0.29) is 5.56 Å². The zero-order chi connectivity index (χ0) is 10.3. The molecule has 1 heterocycles. The molecule has 0 unspecified atom stereocenters. The molecule has 2 rings (SSSR count). The number of rotatable bonds is 0. The SMILES string of the molecule is Cn1nc(I)c2c(F)c(C#N)ccc21. The molecule has 0 aliphatic carbocycles. The second-order valence-electron chi connectivity index (χ2n) is 2.85. The summed E-state index contributed by atoms with van der Waals surface area (Å²) in [5.74, 6) is -0.484. The van der Waals surface area contributed by atoms with Crippen molar-refractivity contribution in [1.29, 1.82) is 5.26 Å². The van der Waals surface area contributed by atoms with Crippen LogP contribution in [-0.4, -0.2) is 9.78 Å². The molecule has 0 spiro atoms. The molecule has 0 radical (unpaired) electrons. The van der Waals surface area contributed by atoms with E-state index in [0.717, 1.165) is 0 Å². The van der Waals surface area contributed by atoms with Crippen LogP contribution >= 0.6 is 22.6 Å². The summed E-state index contributed by atoms with van der Waals surface area (Å²) in [5.41, 5.74) is 0.759. The minimum absolute atomic E-state index is 0.0587. The van der Waals surface area contributed by atoms with E-state index < -0.39 is 5.82 Å². The number of hydrogen-bond acceptors (Lipinski definition) is 2. The van der Waals surface area contributed by atoms with E-state index in [0.29, 0.717) is 14.6 Å². The van der Waals surface area contributed by atoms with Crippen LogP contribution in [0.15, 0.2) is 12.1 Å². The first-order valence-corrected chi connectivity index (χ1v) is 4.94. The third kappa shape index (κ3) is 1.18. The Morgan fingerprint density at radius 3 is 2.93 bits per heavy atom. The molecule has 5 heteroatoms. The lowest BCUT2D eigenvalue weighted by Gasteiger charge is -1.96. The summed E-state index contributed by atoms with van der Waals surface area (Å²) in [6.07, 6.45) is 0. The Morgan fingerprint density at radius 1 is 1.57 bits per heavy atom. The van der Waals surface area contributed by atoms with Gasteiger partial charge in [-0.05, 0) is 34.7 Å². The molecule has 0 aliphatic heterocycles. The fourth-order valence-corrected chi connectivity index (χ4v) is 2.19. The molecule has 0 fully saturated rings. The van der Waals surface area contributed by atoms with Gasteiger partial charge >= 0.3 is 0 Å². The van der Waals surface area contributed by atoms with Crippen LogP contribution in [0.5, 0.6) is 0 Å². The standard InChI is InChI=1S/C9H5FIN3/c1-14-6-3-2-5(4-12)8(10)7(6)9(11)13-14/h2-3H,1H3. The maximum Gasteiger partial charge on any atom is 0.153 e. The molecule has 3 nitrogen and oxygen atoms in total. The van der Waals surface area contributed by atoms with Gasteiger partial charge in [0.05, 0.1) is 16.5 Å². The van der Waals surface area contributed by atoms with Crippen molar-refractivity contribution >= 4 is 33.5 Å². The van der Waals surface area contributed by atoms with Crippen LogP contribution in [0.25, 0.3) is 10.9 Å². The number of aromatic nitrogens is 2. The molecule has 1 aromatic carbocycles. The van der Waals surface area contributed by atoms with Crippen molar-refractivity contribution in [2.75, 3.05) is 0 Å². The summed E-state index contributed by atoms with van der Waals surface area (Å²) in [6, 6.07) is 4.98. The number of halogens is 2. The normalized spacial score (nSPS) is 10.4. The number of hydrogen-bond donors (Lipinski definition) is 0. The molecule has 0 N–H and O–H groups in total. The smallest absolute Gasteiger partial charge is 0.153 e. The highest BCUT2D eigenvalue weighted by Crippen LogP contribution is 2.24. The second-order valence-corrected chi connectivity index (χ2v) is 3.87. The zero-order valence-electron chi connectivity index (χ0n) is 7.25.